The molecule has 0 aliphatic rings. The summed E-state index contributed by atoms with van der Waals surface area (Å²) in [4.78, 5) is 12.2. The number of amides is 1. The second kappa shape index (κ2) is 6.24. The second-order valence-corrected chi connectivity index (χ2v) is 4.84. The van der Waals surface area contributed by atoms with E-state index in [-0.39, 0.29) is 11.9 Å². The molecule has 0 radical (unpaired) electrons. The Kier molecular flexibility index (Phi) is 4.41. The van der Waals surface area contributed by atoms with Crippen molar-refractivity contribution in [3.63, 3.8) is 0 Å². The number of rotatable bonds is 4. The Balaban J connectivity index is 2.08. The summed E-state index contributed by atoms with van der Waals surface area (Å²) >= 11 is 0. The topological polar surface area (TPSA) is 38.3 Å². The van der Waals surface area contributed by atoms with Gasteiger partial charge in [0.2, 0.25) is 0 Å². The van der Waals surface area contributed by atoms with Crippen molar-refractivity contribution in [3.05, 3.63) is 65.2 Å². The molecule has 0 aromatic heterocycles. The first-order chi connectivity index (χ1) is 9.60. The number of nitrogens with one attached hydrogen (secondary N) is 1. The molecule has 0 fully saturated rings. The fourth-order valence-electron chi connectivity index (χ4n) is 1.98. The molecule has 0 unspecified atom stereocenters. The highest BCUT2D eigenvalue weighted by atomic mass is 16.5. The van der Waals surface area contributed by atoms with Crippen LogP contribution >= 0.6 is 0 Å². The Morgan fingerprint density at radius 2 is 1.85 bits per heavy atom. The van der Waals surface area contributed by atoms with Gasteiger partial charge in [-0.25, -0.2) is 0 Å². The minimum atomic E-state index is -0.100. The number of methoxy groups -OCH3 is 1. The first-order valence-corrected chi connectivity index (χ1v) is 6.61. The summed E-state index contributed by atoms with van der Waals surface area (Å²) in [5.41, 5.74) is 2.90. The number of carbonyl (C=O) groups excluding carboxylic acids is 1. The van der Waals surface area contributed by atoms with E-state index in [1.165, 1.54) is 5.56 Å². The fourth-order valence-corrected chi connectivity index (χ4v) is 1.98. The van der Waals surface area contributed by atoms with Gasteiger partial charge in [0.25, 0.3) is 5.91 Å². The number of aryl methyl sites for hydroxylation is 1. The normalized spacial score (nSPS) is 11.8. The Hall–Kier alpha value is -2.29. The number of ether oxygens (including phenoxy) is 1. The zero-order valence-electron chi connectivity index (χ0n) is 12.0. The Labute approximate surface area is 119 Å². The maximum atomic E-state index is 12.2. The van der Waals surface area contributed by atoms with E-state index in [1.807, 2.05) is 50.2 Å². The predicted octanol–water partition coefficient (Wildman–Crippen LogP) is 3.49. The molecule has 0 aliphatic carbocycles. The number of carbonyl (C=O) groups is 1. The van der Waals surface area contributed by atoms with E-state index in [4.69, 9.17) is 4.74 Å². The Morgan fingerprint density at radius 1 is 1.15 bits per heavy atom. The molecule has 3 nitrogen and oxygen atoms in total. The highest BCUT2D eigenvalue weighted by Gasteiger charge is 2.11. The van der Waals surface area contributed by atoms with E-state index in [0.717, 1.165) is 5.56 Å². The summed E-state index contributed by atoms with van der Waals surface area (Å²) in [7, 11) is 1.59. The van der Waals surface area contributed by atoms with Crippen LogP contribution in [0.15, 0.2) is 48.5 Å². The smallest absolute Gasteiger partial charge is 0.251 e. The standard InChI is InChI=1S/C17H19NO2/c1-12-7-9-14(10-8-12)13(2)18-17(19)15-5-4-6-16(11-15)20-3/h4-11,13H,1-3H3,(H,18,19)/t13-/m1/s1. The summed E-state index contributed by atoms with van der Waals surface area (Å²) in [5, 5.41) is 2.99. The molecule has 2 aromatic rings. The summed E-state index contributed by atoms with van der Waals surface area (Å²) in [6.45, 7) is 4.02. The molecule has 1 N–H and O–H groups in total. The van der Waals surface area contributed by atoms with Gasteiger partial charge in [0.15, 0.2) is 0 Å². The number of benzene rings is 2. The van der Waals surface area contributed by atoms with Gasteiger partial charge >= 0.3 is 0 Å². The summed E-state index contributed by atoms with van der Waals surface area (Å²) in [6.07, 6.45) is 0. The lowest BCUT2D eigenvalue weighted by molar-refractivity contribution is 0.0939. The van der Waals surface area contributed by atoms with E-state index < -0.39 is 0 Å². The lowest BCUT2D eigenvalue weighted by atomic mass is 10.1. The molecule has 2 rings (SSSR count). The highest BCUT2D eigenvalue weighted by molar-refractivity contribution is 5.94. The molecule has 20 heavy (non-hydrogen) atoms. The largest absolute Gasteiger partial charge is 0.497 e. The minimum Gasteiger partial charge on any atom is -0.497 e. The summed E-state index contributed by atoms with van der Waals surface area (Å²) in [5.74, 6) is 0.581. The SMILES string of the molecule is COc1cccc(C(=O)N[C@H](C)c2ccc(C)cc2)c1. The Bertz CT molecular complexity index is 590. The van der Waals surface area contributed by atoms with E-state index in [0.29, 0.717) is 11.3 Å². The van der Waals surface area contributed by atoms with Crippen LogP contribution in [0, 0.1) is 6.92 Å². The van der Waals surface area contributed by atoms with Gasteiger partial charge in [0.05, 0.1) is 13.2 Å². The lowest BCUT2D eigenvalue weighted by Gasteiger charge is -2.15. The molecule has 0 saturated heterocycles. The van der Waals surface area contributed by atoms with E-state index >= 15 is 0 Å². The zero-order chi connectivity index (χ0) is 14.5. The van der Waals surface area contributed by atoms with Gasteiger partial charge < -0.3 is 10.1 Å². The van der Waals surface area contributed by atoms with Crippen molar-refractivity contribution in [1.82, 2.24) is 5.32 Å². The van der Waals surface area contributed by atoms with Crippen LogP contribution in [0.3, 0.4) is 0 Å². The molecule has 1 atom stereocenters. The summed E-state index contributed by atoms with van der Waals surface area (Å²) < 4.78 is 5.13. The third-order valence-corrected chi connectivity index (χ3v) is 3.26. The quantitative estimate of drug-likeness (QED) is 0.922. The van der Waals surface area contributed by atoms with Crippen LogP contribution in [0.25, 0.3) is 0 Å². The van der Waals surface area contributed by atoms with Crippen LogP contribution in [0.4, 0.5) is 0 Å². The predicted molar refractivity (Wildman–Crippen MR) is 80.1 cm³/mol. The Morgan fingerprint density at radius 3 is 2.50 bits per heavy atom. The molecule has 0 aliphatic heterocycles. The lowest BCUT2D eigenvalue weighted by Crippen LogP contribution is -2.26. The first kappa shape index (κ1) is 14.1. The van der Waals surface area contributed by atoms with Gasteiger partial charge in [-0.3, -0.25) is 4.79 Å². The van der Waals surface area contributed by atoms with Gasteiger partial charge in [-0.1, -0.05) is 35.9 Å². The van der Waals surface area contributed by atoms with Crippen molar-refractivity contribution in [1.29, 1.82) is 0 Å². The van der Waals surface area contributed by atoms with Gasteiger partial charge in [-0.15, -0.1) is 0 Å². The summed E-state index contributed by atoms with van der Waals surface area (Å²) in [6, 6.07) is 15.3. The van der Waals surface area contributed by atoms with E-state index in [1.54, 1.807) is 19.2 Å². The van der Waals surface area contributed by atoms with Crippen molar-refractivity contribution in [2.45, 2.75) is 19.9 Å². The third kappa shape index (κ3) is 3.38. The first-order valence-electron chi connectivity index (χ1n) is 6.61. The van der Waals surface area contributed by atoms with Crippen LogP contribution in [0.5, 0.6) is 5.75 Å². The molecule has 0 heterocycles. The van der Waals surface area contributed by atoms with Crippen LogP contribution in [0.1, 0.15) is 34.5 Å². The van der Waals surface area contributed by atoms with Gasteiger partial charge in [0.1, 0.15) is 5.75 Å². The number of hydrogen-bond acceptors (Lipinski definition) is 2. The average Bonchev–Trinajstić information content (AvgIpc) is 2.47. The molecular formula is C17H19NO2. The van der Waals surface area contributed by atoms with Gasteiger partial charge in [-0.2, -0.15) is 0 Å². The number of hydrogen-bond donors (Lipinski definition) is 1. The van der Waals surface area contributed by atoms with Crippen molar-refractivity contribution >= 4 is 5.91 Å². The zero-order valence-corrected chi connectivity index (χ0v) is 12.0. The van der Waals surface area contributed by atoms with Crippen molar-refractivity contribution in [2.24, 2.45) is 0 Å². The van der Waals surface area contributed by atoms with Crippen LogP contribution in [0.2, 0.25) is 0 Å². The van der Waals surface area contributed by atoms with Crippen LogP contribution < -0.4 is 10.1 Å². The maximum absolute atomic E-state index is 12.2. The second-order valence-electron chi connectivity index (χ2n) is 4.84. The van der Waals surface area contributed by atoms with E-state index in [2.05, 4.69) is 5.32 Å². The molecular weight excluding hydrogens is 250 g/mol. The van der Waals surface area contributed by atoms with Gasteiger partial charge in [0, 0.05) is 5.56 Å². The van der Waals surface area contributed by atoms with Crippen molar-refractivity contribution < 1.29 is 9.53 Å². The van der Waals surface area contributed by atoms with Crippen molar-refractivity contribution in [3.8, 4) is 5.75 Å². The van der Waals surface area contributed by atoms with Gasteiger partial charge in [-0.05, 0) is 37.6 Å². The average molecular weight is 269 g/mol. The molecule has 3 heteroatoms. The van der Waals surface area contributed by atoms with Crippen LogP contribution in [-0.2, 0) is 0 Å². The minimum absolute atomic E-state index is 0.0331. The monoisotopic (exact) mass is 269 g/mol. The van der Waals surface area contributed by atoms with Crippen LogP contribution in [-0.4, -0.2) is 13.0 Å². The highest BCUT2D eigenvalue weighted by Crippen LogP contribution is 2.16. The maximum Gasteiger partial charge on any atom is 0.251 e. The molecule has 0 bridgehead atoms. The van der Waals surface area contributed by atoms with Crippen molar-refractivity contribution in [2.75, 3.05) is 7.11 Å². The molecule has 0 spiro atoms. The molecule has 2 aromatic carbocycles. The van der Waals surface area contributed by atoms with E-state index in [9.17, 15) is 4.79 Å². The molecule has 0 saturated carbocycles. The molecule has 1 amide bonds. The fraction of sp³-hybridized carbons (Fsp3) is 0.235. The molecule has 104 valence electrons. The third-order valence-electron chi connectivity index (χ3n) is 3.26.